The van der Waals surface area contributed by atoms with Gasteiger partial charge in [0.05, 0.1) is 11.8 Å². The number of rotatable bonds is 9. The molecule has 0 aromatic carbocycles. The highest BCUT2D eigenvalue weighted by atomic mass is 16.7. The average Bonchev–Trinajstić information content (AvgIpc) is 2.52. The van der Waals surface area contributed by atoms with Crippen LogP contribution in [0.1, 0.15) is 71.6 Å². The molecule has 7 heteroatoms. The minimum atomic E-state index is -0.793. The molecule has 2 N–H and O–H groups in total. The molecule has 134 valence electrons. The van der Waals surface area contributed by atoms with Crippen LogP contribution in [0.3, 0.4) is 0 Å². The minimum absolute atomic E-state index is 0.00986. The van der Waals surface area contributed by atoms with Crippen LogP contribution < -0.4 is 0 Å². The summed E-state index contributed by atoms with van der Waals surface area (Å²) < 4.78 is 0. The van der Waals surface area contributed by atoms with E-state index in [9.17, 15) is 14.5 Å². The van der Waals surface area contributed by atoms with Crippen molar-refractivity contribution >= 4 is 11.9 Å². The molecule has 0 bridgehead atoms. The summed E-state index contributed by atoms with van der Waals surface area (Å²) in [6.07, 6.45) is 7.81. The second kappa shape index (κ2) is 12.8. The van der Waals surface area contributed by atoms with E-state index in [0.29, 0.717) is 25.7 Å². The Bertz CT molecular complexity index is 330. The molecule has 1 unspecified atom stereocenters. The summed E-state index contributed by atoms with van der Waals surface area (Å²) in [7, 11) is 0. The van der Waals surface area contributed by atoms with Gasteiger partial charge >= 0.3 is 11.9 Å². The Kier molecular flexibility index (Phi) is 11.9. The molecule has 0 heterocycles. The van der Waals surface area contributed by atoms with E-state index in [-0.39, 0.29) is 17.9 Å². The number of hydrogen-bond donors (Lipinski definition) is 2. The molecule has 0 aromatic rings. The maximum Gasteiger partial charge on any atom is 0.306 e. The predicted molar refractivity (Wildman–Crippen MR) is 85.8 cm³/mol. The molecule has 23 heavy (non-hydrogen) atoms. The molecular weight excluding hydrogens is 302 g/mol. The highest BCUT2D eigenvalue weighted by Crippen LogP contribution is 2.28. The first kappa shape index (κ1) is 21.3. The summed E-state index contributed by atoms with van der Waals surface area (Å²) in [4.78, 5) is 35.1. The van der Waals surface area contributed by atoms with Crippen molar-refractivity contribution in [3.05, 3.63) is 4.91 Å². The number of nitrogens with zero attached hydrogens (tertiary/aromatic N) is 1. The number of carboxylic acid groups (broad SMARTS) is 2. The summed E-state index contributed by atoms with van der Waals surface area (Å²) in [6, 6.07) is 0. The fourth-order valence-electron chi connectivity index (χ4n) is 2.57. The molecular formula is C16H29NO6. The quantitative estimate of drug-likeness (QED) is 0.375. The van der Waals surface area contributed by atoms with Crippen LogP contribution in [0, 0.1) is 16.7 Å². The zero-order valence-electron chi connectivity index (χ0n) is 14.1. The third kappa shape index (κ3) is 10.7. The van der Waals surface area contributed by atoms with Crippen LogP contribution in [0.25, 0.3) is 0 Å². The van der Waals surface area contributed by atoms with Gasteiger partial charge in [-0.05, 0) is 45.4 Å². The van der Waals surface area contributed by atoms with E-state index in [4.69, 9.17) is 10.2 Å². The van der Waals surface area contributed by atoms with Gasteiger partial charge < -0.3 is 15.1 Å². The third-order valence-electron chi connectivity index (χ3n) is 4.11. The smallest absolute Gasteiger partial charge is 0.306 e. The first-order valence-corrected chi connectivity index (χ1v) is 8.36. The van der Waals surface area contributed by atoms with E-state index < -0.39 is 11.9 Å². The Balaban J connectivity index is 0.000000423. The number of aliphatic carboxylic acids is 2. The van der Waals surface area contributed by atoms with Gasteiger partial charge in [0.1, 0.15) is 6.10 Å². The number of hydrogen-bond acceptors (Lipinski definition) is 5. The van der Waals surface area contributed by atoms with Crippen LogP contribution in [0.4, 0.5) is 0 Å². The summed E-state index contributed by atoms with van der Waals surface area (Å²) in [5, 5.41) is 19.6. The van der Waals surface area contributed by atoms with Crippen LogP contribution in [-0.2, 0) is 14.4 Å². The topological polar surface area (TPSA) is 113 Å². The molecule has 1 rings (SSSR count). The van der Waals surface area contributed by atoms with Gasteiger partial charge in [0.25, 0.3) is 0 Å². The second-order valence-electron chi connectivity index (χ2n) is 6.06. The van der Waals surface area contributed by atoms with E-state index in [1.165, 1.54) is 19.3 Å². The van der Waals surface area contributed by atoms with Gasteiger partial charge in [-0.2, -0.15) is 0 Å². The highest BCUT2D eigenvalue weighted by molar-refractivity contribution is 5.72. The molecule has 1 atom stereocenters. The first-order valence-electron chi connectivity index (χ1n) is 8.36. The molecule has 1 fully saturated rings. The van der Waals surface area contributed by atoms with Crippen molar-refractivity contribution in [2.75, 3.05) is 0 Å². The SMILES string of the molecule is CCCCCCC(C)ON=O.O=C(O)C1CCC(C(=O)O)CC1. The molecule has 0 aliphatic heterocycles. The monoisotopic (exact) mass is 331 g/mol. The first-order chi connectivity index (χ1) is 10.9. The Morgan fingerprint density at radius 1 is 1.04 bits per heavy atom. The Labute approximate surface area is 137 Å². The zero-order chi connectivity index (χ0) is 17.7. The standard InChI is InChI=1S/C8H17NO2.C8H12O4/c1-3-4-5-6-7-8(2)11-9-10;9-7(10)5-1-2-6(4-3-5)8(11)12/h8H,3-7H2,1-2H3;5-6H,1-4H2,(H,9,10)(H,11,12). The molecule has 0 aromatic heterocycles. The molecule has 0 amide bonds. The van der Waals surface area contributed by atoms with Crippen molar-refractivity contribution in [3.63, 3.8) is 0 Å². The van der Waals surface area contributed by atoms with Gasteiger partial charge in [-0.3, -0.25) is 9.59 Å². The van der Waals surface area contributed by atoms with Gasteiger partial charge in [0.15, 0.2) is 5.34 Å². The van der Waals surface area contributed by atoms with Crippen molar-refractivity contribution in [3.8, 4) is 0 Å². The Hall–Kier alpha value is -1.66. The van der Waals surface area contributed by atoms with Crippen LogP contribution >= 0.6 is 0 Å². The molecule has 7 nitrogen and oxygen atoms in total. The van der Waals surface area contributed by atoms with Crippen molar-refractivity contribution in [1.29, 1.82) is 0 Å². The maximum atomic E-state index is 10.5. The van der Waals surface area contributed by atoms with E-state index in [1.54, 1.807) is 0 Å². The number of carboxylic acids is 2. The summed E-state index contributed by atoms with van der Waals surface area (Å²) >= 11 is 0. The molecule has 0 spiro atoms. The lowest BCUT2D eigenvalue weighted by molar-refractivity contribution is -0.148. The van der Waals surface area contributed by atoms with E-state index in [0.717, 1.165) is 12.8 Å². The summed E-state index contributed by atoms with van der Waals surface area (Å²) in [5.74, 6) is -2.22. The van der Waals surface area contributed by atoms with E-state index in [1.807, 2.05) is 6.92 Å². The molecule has 0 radical (unpaired) electrons. The van der Waals surface area contributed by atoms with Gasteiger partial charge in [-0.25, -0.2) is 0 Å². The normalized spacial score (nSPS) is 21.5. The zero-order valence-corrected chi connectivity index (χ0v) is 14.1. The van der Waals surface area contributed by atoms with E-state index >= 15 is 0 Å². The number of unbranched alkanes of at least 4 members (excludes halogenated alkanes) is 3. The Morgan fingerprint density at radius 2 is 1.52 bits per heavy atom. The van der Waals surface area contributed by atoms with Gasteiger partial charge in [0, 0.05) is 0 Å². The molecule has 0 saturated heterocycles. The largest absolute Gasteiger partial charge is 0.481 e. The second-order valence-corrected chi connectivity index (χ2v) is 6.06. The van der Waals surface area contributed by atoms with Crippen molar-refractivity contribution in [1.82, 2.24) is 0 Å². The van der Waals surface area contributed by atoms with Gasteiger partial charge in [-0.1, -0.05) is 26.2 Å². The van der Waals surface area contributed by atoms with Crippen molar-refractivity contribution < 1.29 is 24.6 Å². The minimum Gasteiger partial charge on any atom is -0.481 e. The third-order valence-corrected chi connectivity index (χ3v) is 4.11. The summed E-state index contributed by atoms with van der Waals surface area (Å²) in [5.41, 5.74) is 0. The van der Waals surface area contributed by atoms with Crippen LogP contribution in [0.5, 0.6) is 0 Å². The summed E-state index contributed by atoms with van der Waals surface area (Å²) in [6.45, 7) is 4.04. The fourth-order valence-corrected chi connectivity index (χ4v) is 2.57. The lowest BCUT2D eigenvalue weighted by Crippen LogP contribution is -2.25. The van der Waals surface area contributed by atoms with Gasteiger partial charge in [-0.15, -0.1) is 4.91 Å². The van der Waals surface area contributed by atoms with Crippen LogP contribution in [-0.4, -0.2) is 28.3 Å². The fraction of sp³-hybridized carbons (Fsp3) is 0.875. The van der Waals surface area contributed by atoms with Crippen molar-refractivity contribution in [2.24, 2.45) is 17.2 Å². The van der Waals surface area contributed by atoms with Crippen molar-refractivity contribution in [2.45, 2.75) is 77.7 Å². The van der Waals surface area contributed by atoms with Crippen LogP contribution in [0.2, 0.25) is 0 Å². The van der Waals surface area contributed by atoms with E-state index in [2.05, 4.69) is 17.1 Å². The maximum absolute atomic E-state index is 10.5. The lowest BCUT2D eigenvalue weighted by Gasteiger charge is -2.22. The Morgan fingerprint density at radius 3 is 1.87 bits per heavy atom. The molecule has 1 saturated carbocycles. The highest BCUT2D eigenvalue weighted by Gasteiger charge is 2.29. The van der Waals surface area contributed by atoms with Gasteiger partial charge in [0.2, 0.25) is 0 Å². The molecule has 1 aliphatic rings. The number of carbonyl (C=O) groups is 2. The molecule has 1 aliphatic carbocycles. The average molecular weight is 331 g/mol. The predicted octanol–water partition coefficient (Wildman–Crippen LogP) is 4.01. The van der Waals surface area contributed by atoms with Crippen LogP contribution in [0.15, 0.2) is 5.34 Å². The lowest BCUT2D eigenvalue weighted by atomic mass is 9.82.